The maximum atomic E-state index is 10.8. The number of ether oxygens (including phenoxy) is 1. The summed E-state index contributed by atoms with van der Waals surface area (Å²) in [5, 5.41) is 8.88. The van der Waals surface area contributed by atoms with Gasteiger partial charge in [-0.15, -0.1) is 0 Å². The number of fused-ring (bicyclic) bond motifs is 1. The van der Waals surface area contributed by atoms with Crippen LogP contribution in [0.5, 0.6) is 5.88 Å². The smallest absolute Gasteiger partial charge is 0.357 e. The largest absolute Gasteiger partial charge is 0.482 e. The van der Waals surface area contributed by atoms with E-state index < -0.39 is 5.97 Å². The summed E-state index contributed by atoms with van der Waals surface area (Å²) in [6.45, 7) is 0. The van der Waals surface area contributed by atoms with Crippen LogP contribution < -0.4 is 4.74 Å². The average Bonchev–Trinajstić information content (AvgIpc) is 2.56. The Morgan fingerprint density at radius 1 is 1.60 bits per heavy atom. The van der Waals surface area contributed by atoms with Crippen LogP contribution in [0.2, 0.25) is 0 Å². The predicted octanol–water partition coefficient (Wildman–Crippen LogP) is 1.80. The third-order valence-electron chi connectivity index (χ3n) is 1.96. The van der Waals surface area contributed by atoms with Crippen molar-refractivity contribution in [2.75, 3.05) is 7.11 Å². The normalized spacial score (nSPS) is 10.5. The van der Waals surface area contributed by atoms with Crippen LogP contribution in [-0.2, 0) is 0 Å². The number of aromatic carboxylic acids is 1. The lowest BCUT2D eigenvalue weighted by Gasteiger charge is -2.03. The number of carboxylic acids is 1. The monoisotopic (exact) mass is 270 g/mol. The molecule has 0 fully saturated rings. The predicted molar refractivity (Wildman–Crippen MR) is 56.4 cm³/mol. The second-order valence-electron chi connectivity index (χ2n) is 2.82. The quantitative estimate of drug-likeness (QED) is 0.904. The molecule has 0 aliphatic carbocycles. The van der Waals surface area contributed by atoms with Crippen LogP contribution in [-0.4, -0.2) is 27.6 Å². The van der Waals surface area contributed by atoms with Crippen LogP contribution in [0, 0.1) is 0 Å². The van der Waals surface area contributed by atoms with Crippen LogP contribution >= 0.6 is 15.9 Å². The fourth-order valence-corrected chi connectivity index (χ4v) is 1.94. The molecule has 78 valence electrons. The number of carboxylic acid groups (broad SMARTS) is 1. The van der Waals surface area contributed by atoms with Gasteiger partial charge in [-0.1, -0.05) is 6.07 Å². The van der Waals surface area contributed by atoms with E-state index in [2.05, 4.69) is 20.9 Å². The number of hydrogen-bond donors (Lipinski definition) is 1. The first-order chi connectivity index (χ1) is 7.15. The fourth-order valence-electron chi connectivity index (χ4n) is 1.33. The van der Waals surface area contributed by atoms with Crippen LogP contribution in [0.4, 0.5) is 0 Å². The number of halogens is 1. The first-order valence-corrected chi connectivity index (χ1v) is 4.88. The maximum absolute atomic E-state index is 10.8. The lowest BCUT2D eigenvalue weighted by molar-refractivity contribution is 0.0690. The number of pyridine rings is 1. The van der Waals surface area contributed by atoms with E-state index in [1.54, 1.807) is 22.6 Å². The Hall–Kier alpha value is -1.56. The highest BCUT2D eigenvalue weighted by Gasteiger charge is 2.17. The SMILES string of the molecule is COc1cccc2nc(C(=O)O)c(Br)n12. The Bertz CT molecular complexity index is 535. The third kappa shape index (κ3) is 1.46. The molecular formula is C9H7BrN2O3. The zero-order valence-electron chi connectivity index (χ0n) is 7.77. The molecule has 0 atom stereocenters. The van der Waals surface area contributed by atoms with Gasteiger partial charge in [0.2, 0.25) is 0 Å². The molecule has 2 rings (SSSR count). The Morgan fingerprint density at radius 2 is 2.33 bits per heavy atom. The summed E-state index contributed by atoms with van der Waals surface area (Å²) in [6.07, 6.45) is 0. The molecule has 0 amide bonds. The molecule has 2 heterocycles. The van der Waals surface area contributed by atoms with Crippen LogP contribution in [0.25, 0.3) is 5.65 Å². The van der Waals surface area contributed by atoms with Gasteiger partial charge in [-0.3, -0.25) is 4.40 Å². The number of aromatic nitrogens is 2. The fraction of sp³-hybridized carbons (Fsp3) is 0.111. The molecule has 0 unspecified atom stereocenters. The Morgan fingerprint density at radius 3 is 2.93 bits per heavy atom. The summed E-state index contributed by atoms with van der Waals surface area (Å²) < 4.78 is 7.07. The topological polar surface area (TPSA) is 63.8 Å². The minimum absolute atomic E-state index is 0.0282. The number of nitrogens with zero attached hydrogens (tertiary/aromatic N) is 2. The van der Waals surface area contributed by atoms with Crippen molar-refractivity contribution in [3.8, 4) is 5.88 Å². The zero-order chi connectivity index (χ0) is 11.0. The molecule has 0 saturated heterocycles. The van der Waals surface area contributed by atoms with E-state index in [1.807, 2.05) is 0 Å². The van der Waals surface area contributed by atoms with E-state index in [0.29, 0.717) is 16.1 Å². The highest BCUT2D eigenvalue weighted by molar-refractivity contribution is 9.10. The molecule has 2 aromatic rings. The second-order valence-corrected chi connectivity index (χ2v) is 3.57. The van der Waals surface area contributed by atoms with Gasteiger partial charge in [0.15, 0.2) is 11.6 Å². The van der Waals surface area contributed by atoms with E-state index >= 15 is 0 Å². The van der Waals surface area contributed by atoms with Gasteiger partial charge in [-0.2, -0.15) is 0 Å². The van der Waals surface area contributed by atoms with Gasteiger partial charge in [0, 0.05) is 0 Å². The Labute approximate surface area is 93.4 Å². The summed E-state index contributed by atoms with van der Waals surface area (Å²) in [4.78, 5) is 14.8. The van der Waals surface area contributed by atoms with Crippen molar-refractivity contribution in [1.82, 2.24) is 9.38 Å². The highest BCUT2D eigenvalue weighted by Crippen LogP contribution is 2.24. The minimum Gasteiger partial charge on any atom is -0.482 e. The van der Waals surface area contributed by atoms with E-state index in [4.69, 9.17) is 9.84 Å². The number of imidazole rings is 1. The lowest BCUT2D eigenvalue weighted by Crippen LogP contribution is -1.98. The molecule has 15 heavy (non-hydrogen) atoms. The van der Waals surface area contributed by atoms with Crippen molar-refractivity contribution in [2.24, 2.45) is 0 Å². The summed E-state index contributed by atoms with van der Waals surface area (Å²) >= 11 is 3.18. The molecule has 2 aromatic heterocycles. The molecule has 0 spiro atoms. The molecule has 0 aliphatic heterocycles. The number of rotatable bonds is 2. The standard InChI is InChI=1S/C9H7BrN2O3/c1-15-6-4-2-3-5-11-7(9(13)14)8(10)12(5)6/h2-4H,1H3,(H,13,14). The molecule has 1 N–H and O–H groups in total. The van der Waals surface area contributed by atoms with Crippen molar-refractivity contribution in [1.29, 1.82) is 0 Å². The van der Waals surface area contributed by atoms with Crippen molar-refractivity contribution in [3.63, 3.8) is 0 Å². The van der Waals surface area contributed by atoms with Gasteiger partial charge < -0.3 is 9.84 Å². The number of methoxy groups -OCH3 is 1. The zero-order valence-corrected chi connectivity index (χ0v) is 9.35. The number of carbonyl (C=O) groups is 1. The van der Waals surface area contributed by atoms with Crippen molar-refractivity contribution < 1.29 is 14.6 Å². The van der Waals surface area contributed by atoms with E-state index in [-0.39, 0.29) is 5.69 Å². The van der Waals surface area contributed by atoms with Gasteiger partial charge in [0.1, 0.15) is 10.3 Å². The Balaban J connectivity index is 2.82. The number of hydrogen-bond acceptors (Lipinski definition) is 3. The van der Waals surface area contributed by atoms with Gasteiger partial charge in [0.05, 0.1) is 7.11 Å². The minimum atomic E-state index is -1.08. The molecule has 0 bridgehead atoms. The molecule has 5 nitrogen and oxygen atoms in total. The molecule has 0 aliphatic rings. The Kier molecular flexibility index (Phi) is 2.36. The molecule has 0 saturated carbocycles. The van der Waals surface area contributed by atoms with Gasteiger partial charge in [0.25, 0.3) is 0 Å². The van der Waals surface area contributed by atoms with Crippen LogP contribution in [0.1, 0.15) is 10.5 Å². The summed E-state index contributed by atoms with van der Waals surface area (Å²) in [6, 6.07) is 5.18. The van der Waals surface area contributed by atoms with Gasteiger partial charge >= 0.3 is 5.97 Å². The van der Waals surface area contributed by atoms with Crippen LogP contribution in [0.3, 0.4) is 0 Å². The molecular weight excluding hydrogens is 264 g/mol. The maximum Gasteiger partial charge on any atom is 0.357 e. The van der Waals surface area contributed by atoms with Crippen LogP contribution in [0.15, 0.2) is 22.8 Å². The second kappa shape index (κ2) is 3.54. The highest BCUT2D eigenvalue weighted by atomic mass is 79.9. The van der Waals surface area contributed by atoms with Crippen molar-refractivity contribution in [2.45, 2.75) is 0 Å². The average molecular weight is 271 g/mol. The van der Waals surface area contributed by atoms with Gasteiger partial charge in [-0.25, -0.2) is 9.78 Å². The summed E-state index contributed by atoms with van der Waals surface area (Å²) in [7, 11) is 1.52. The third-order valence-corrected chi connectivity index (χ3v) is 2.69. The lowest BCUT2D eigenvalue weighted by atomic mass is 10.4. The van der Waals surface area contributed by atoms with E-state index in [1.165, 1.54) is 7.11 Å². The van der Waals surface area contributed by atoms with Crippen molar-refractivity contribution in [3.05, 3.63) is 28.5 Å². The summed E-state index contributed by atoms with van der Waals surface area (Å²) in [5.41, 5.74) is 0.498. The first kappa shape index (κ1) is 9.97. The van der Waals surface area contributed by atoms with Crippen molar-refractivity contribution >= 4 is 27.5 Å². The van der Waals surface area contributed by atoms with Gasteiger partial charge in [-0.05, 0) is 28.1 Å². The first-order valence-electron chi connectivity index (χ1n) is 4.09. The molecule has 0 radical (unpaired) electrons. The molecule has 6 heteroatoms. The molecule has 0 aromatic carbocycles. The van der Waals surface area contributed by atoms with E-state index in [0.717, 1.165) is 0 Å². The summed E-state index contributed by atoms with van der Waals surface area (Å²) in [5.74, 6) is -0.549. The van der Waals surface area contributed by atoms with E-state index in [9.17, 15) is 4.79 Å².